The third-order valence-corrected chi connectivity index (χ3v) is 5.06. The van der Waals surface area contributed by atoms with Crippen molar-refractivity contribution >= 4 is 23.5 Å². The third kappa shape index (κ3) is 7.72. The molecule has 1 amide bonds. The minimum absolute atomic E-state index is 0.0655. The standard InChI is InChI=1S/C25H31NO6/c1-5-18(2)24(28)31-17-7-6-16-30-22-12-8-20(9-13-22)25(29)32-23-14-10-21(11-15-23)26(4)19(3)27/h8-15,18H,5-7,16-17H2,1-4H3. The fraction of sp³-hybridized carbons (Fsp3) is 0.400. The van der Waals surface area contributed by atoms with Gasteiger partial charge in [-0.1, -0.05) is 13.8 Å². The Labute approximate surface area is 189 Å². The van der Waals surface area contributed by atoms with Crippen molar-refractivity contribution in [2.45, 2.75) is 40.0 Å². The van der Waals surface area contributed by atoms with Crippen molar-refractivity contribution in [2.75, 3.05) is 25.2 Å². The molecule has 0 bridgehead atoms. The summed E-state index contributed by atoms with van der Waals surface area (Å²) < 4.78 is 16.2. The fourth-order valence-corrected chi connectivity index (χ4v) is 2.65. The largest absolute Gasteiger partial charge is 0.494 e. The highest BCUT2D eigenvalue weighted by atomic mass is 16.5. The van der Waals surface area contributed by atoms with Crippen LogP contribution >= 0.6 is 0 Å². The quantitative estimate of drug-likeness (QED) is 0.287. The molecule has 172 valence electrons. The average molecular weight is 442 g/mol. The van der Waals surface area contributed by atoms with Gasteiger partial charge in [-0.05, 0) is 67.8 Å². The highest BCUT2D eigenvalue weighted by Crippen LogP contribution is 2.20. The summed E-state index contributed by atoms with van der Waals surface area (Å²) in [4.78, 5) is 36.8. The fourth-order valence-electron chi connectivity index (χ4n) is 2.65. The number of unbranched alkanes of at least 4 members (excludes halogenated alkanes) is 1. The Bertz CT molecular complexity index is 892. The maximum absolute atomic E-state index is 12.3. The first kappa shape index (κ1) is 24.9. The minimum Gasteiger partial charge on any atom is -0.494 e. The predicted octanol–water partition coefficient (Wildman–Crippen LogP) is 4.64. The molecule has 0 aliphatic carbocycles. The maximum atomic E-state index is 12.3. The Morgan fingerprint density at radius 2 is 1.50 bits per heavy atom. The average Bonchev–Trinajstić information content (AvgIpc) is 2.80. The van der Waals surface area contributed by atoms with Crippen LogP contribution < -0.4 is 14.4 Å². The highest BCUT2D eigenvalue weighted by Gasteiger charge is 2.12. The molecule has 0 heterocycles. The number of carbonyl (C=O) groups excluding carboxylic acids is 3. The zero-order valence-corrected chi connectivity index (χ0v) is 19.1. The summed E-state index contributed by atoms with van der Waals surface area (Å²) >= 11 is 0. The second-order valence-electron chi connectivity index (χ2n) is 7.52. The van der Waals surface area contributed by atoms with Crippen molar-refractivity contribution in [2.24, 2.45) is 5.92 Å². The van der Waals surface area contributed by atoms with E-state index in [1.54, 1.807) is 55.6 Å². The molecule has 0 aliphatic rings. The molecule has 0 saturated carbocycles. The number of carbonyl (C=O) groups is 3. The van der Waals surface area contributed by atoms with Gasteiger partial charge in [-0.3, -0.25) is 9.59 Å². The number of hydrogen-bond donors (Lipinski definition) is 0. The molecule has 2 rings (SSSR count). The number of esters is 2. The molecule has 1 unspecified atom stereocenters. The molecule has 0 spiro atoms. The number of anilines is 1. The number of benzene rings is 2. The van der Waals surface area contributed by atoms with Crippen molar-refractivity contribution in [3.8, 4) is 11.5 Å². The van der Waals surface area contributed by atoms with Crippen LogP contribution in [-0.4, -0.2) is 38.1 Å². The van der Waals surface area contributed by atoms with E-state index in [1.807, 2.05) is 13.8 Å². The van der Waals surface area contributed by atoms with Crippen LogP contribution in [0.1, 0.15) is 50.4 Å². The molecule has 7 heteroatoms. The van der Waals surface area contributed by atoms with Crippen LogP contribution in [0.5, 0.6) is 11.5 Å². The van der Waals surface area contributed by atoms with Gasteiger partial charge >= 0.3 is 11.9 Å². The Morgan fingerprint density at radius 1 is 0.906 bits per heavy atom. The molecule has 0 saturated heterocycles. The van der Waals surface area contributed by atoms with Gasteiger partial charge in [-0.2, -0.15) is 0 Å². The van der Waals surface area contributed by atoms with Crippen LogP contribution in [0.2, 0.25) is 0 Å². The van der Waals surface area contributed by atoms with Crippen LogP contribution in [0, 0.1) is 5.92 Å². The summed E-state index contributed by atoms with van der Waals surface area (Å²) in [7, 11) is 1.68. The van der Waals surface area contributed by atoms with E-state index >= 15 is 0 Å². The van der Waals surface area contributed by atoms with Crippen molar-refractivity contribution in [1.82, 2.24) is 0 Å². The van der Waals surface area contributed by atoms with Crippen LogP contribution in [-0.2, 0) is 14.3 Å². The number of hydrogen-bond acceptors (Lipinski definition) is 6. The molecule has 1 atom stereocenters. The topological polar surface area (TPSA) is 82.1 Å². The zero-order valence-electron chi connectivity index (χ0n) is 19.1. The number of ether oxygens (including phenoxy) is 3. The molecule has 0 fully saturated rings. The smallest absolute Gasteiger partial charge is 0.343 e. The number of amides is 1. The SMILES string of the molecule is CCC(C)C(=O)OCCCCOc1ccc(C(=O)Oc2ccc(N(C)C(C)=O)cc2)cc1. The van der Waals surface area contributed by atoms with Gasteiger partial charge in [-0.15, -0.1) is 0 Å². The van der Waals surface area contributed by atoms with E-state index in [0.29, 0.717) is 36.0 Å². The second-order valence-corrected chi connectivity index (χ2v) is 7.52. The van der Waals surface area contributed by atoms with Gasteiger partial charge in [0.1, 0.15) is 11.5 Å². The number of rotatable bonds is 11. The van der Waals surface area contributed by atoms with Crippen molar-refractivity contribution in [1.29, 1.82) is 0 Å². The van der Waals surface area contributed by atoms with Crippen LogP contribution in [0.3, 0.4) is 0 Å². The van der Waals surface area contributed by atoms with E-state index in [9.17, 15) is 14.4 Å². The summed E-state index contributed by atoms with van der Waals surface area (Å²) in [5.41, 5.74) is 1.12. The molecular weight excluding hydrogens is 410 g/mol. The Morgan fingerprint density at radius 3 is 2.09 bits per heavy atom. The molecule has 2 aromatic carbocycles. The van der Waals surface area contributed by atoms with Gasteiger partial charge in [-0.25, -0.2) is 4.79 Å². The minimum atomic E-state index is -0.479. The summed E-state index contributed by atoms with van der Waals surface area (Å²) in [6.07, 6.45) is 2.26. The summed E-state index contributed by atoms with van der Waals surface area (Å²) in [6, 6.07) is 13.4. The van der Waals surface area contributed by atoms with E-state index < -0.39 is 5.97 Å². The molecule has 2 aromatic rings. The summed E-state index contributed by atoms with van der Waals surface area (Å²) in [6.45, 7) is 6.18. The molecule has 7 nitrogen and oxygen atoms in total. The van der Waals surface area contributed by atoms with Crippen LogP contribution in [0.4, 0.5) is 5.69 Å². The lowest BCUT2D eigenvalue weighted by atomic mass is 10.1. The monoisotopic (exact) mass is 441 g/mol. The molecule has 0 aliphatic heterocycles. The van der Waals surface area contributed by atoms with Crippen molar-refractivity contribution in [3.63, 3.8) is 0 Å². The first-order chi connectivity index (χ1) is 15.3. The molecule has 32 heavy (non-hydrogen) atoms. The molecule has 0 radical (unpaired) electrons. The predicted molar refractivity (Wildman–Crippen MR) is 122 cm³/mol. The van der Waals surface area contributed by atoms with E-state index in [4.69, 9.17) is 14.2 Å². The summed E-state index contributed by atoms with van der Waals surface area (Å²) in [5.74, 6) is 0.258. The lowest BCUT2D eigenvalue weighted by Gasteiger charge is -2.15. The maximum Gasteiger partial charge on any atom is 0.343 e. The second kappa shape index (κ2) is 12.5. The normalized spacial score (nSPS) is 11.4. The van der Waals surface area contributed by atoms with Crippen molar-refractivity contribution in [3.05, 3.63) is 54.1 Å². The molecule has 0 aromatic heterocycles. The van der Waals surface area contributed by atoms with Gasteiger partial charge in [0.25, 0.3) is 0 Å². The number of nitrogens with zero attached hydrogens (tertiary/aromatic N) is 1. The lowest BCUT2D eigenvalue weighted by molar-refractivity contribution is -0.148. The van der Waals surface area contributed by atoms with Gasteiger partial charge in [0.2, 0.25) is 5.91 Å². The first-order valence-electron chi connectivity index (χ1n) is 10.8. The molecular formula is C25H31NO6. The van der Waals surface area contributed by atoms with Gasteiger partial charge in [0, 0.05) is 19.7 Å². The molecule has 0 N–H and O–H groups in total. The first-order valence-corrected chi connectivity index (χ1v) is 10.8. The highest BCUT2D eigenvalue weighted by molar-refractivity contribution is 5.92. The summed E-state index contributed by atoms with van der Waals surface area (Å²) in [5, 5.41) is 0. The van der Waals surface area contributed by atoms with Crippen LogP contribution in [0.25, 0.3) is 0 Å². The Balaban J connectivity index is 1.74. The lowest BCUT2D eigenvalue weighted by Crippen LogP contribution is -2.22. The van der Waals surface area contributed by atoms with E-state index in [-0.39, 0.29) is 17.8 Å². The van der Waals surface area contributed by atoms with Gasteiger partial charge in [0.05, 0.1) is 24.7 Å². The Kier molecular flexibility index (Phi) is 9.73. The van der Waals surface area contributed by atoms with Crippen molar-refractivity contribution < 1.29 is 28.6 Å². The van der Waals surface area contributed by atoms with E-state index in [1.165, 1.54) is 11.8 Å². The zero-order chi connectivity index (χ0) is 23.5. The van der Waals surface area contributed by atoms with E-state index in [0.717, 1.165) is 19.3 Å². The van der Waals surface area contributed by atoms with Gasteiger partial charge in [0.15, 0.2) is 0 Å². The van der Waals surface area contributed by atoms with Gasteiger partial charge < -0.3 is 19.1 Å². The third-order valence-electron chi connectivity index (χ3n) is 5.06. The Hall–Kier alpha value is -3.35. The van der Waals surface area contributed by atoms with E-state index in [2.05, 4.69) is 0 Å². The van der Waals surface area contributed by atoms with Crippen LogP contribution in [0.15, 0.2) is 48.5 Å².